The Balaban J connectivity index is 2.28. The van der Waals surface area contributed by atoms with Gasteiger partial charge in [-0.1, -0.05) is 0 Å². The molecule has 1 aromatic rings. The van der Waals surface area contributed by atoms with Crippen LogP contribution in [0.5, 0.6) is 0 Å². The quantitative estimate of drug-likeness (QED) is 0.507. The molecule has 2 heterocycles. The Kier molecular flexibility index (Phi) is 1.41. The summed E-state index contributed by atoms with van der Waals surface area (Å²) in [5.74, 6) is 1.10. The van der Waals surface area contributed by atoms with Crippen LogP contribution >= 0.6 is 0 Å². The minimum absolute atomic E-state index is 0.861. The molecule has 0 atom stereocenters. The summed E-state index contributed by atoms with van der Waals surface area (Å²) in [4.78, 5) is 4.18. The first-order valence-electron chi connectivity index (χ1n) is 3.38. The van der Waals surface area contributed by atoms with Crippen molar-refractivity contribution in [1.82, 2.24) is 20.2 Å². The smallest absolute Gasteiger partial charge is 0.123 e. The number of aromatic nitrogens is 2. The van der Waals surface area contributed by atoms with Crippen LogP contribution in [0.25, 0.3) is 0 Å². The molecule has 1 aromatic heterocycles. The van der Waals surface area contributed by atoms with E-state index in [0.717, 1.165) is 25.7 Å². The Bertz CT molecular complexity index is 197. The zero-order chi connectivity index (χ0) is 6.81. The van der Waals surface area contributed by atoms with Gasteiger partial charge in [0.2, 0.25) is 0 Å². The van der Waals surface area contributed by atoms with Gasteiger partial charge in [0, 0.05) is 19.1 Å². The average Bonchev–Trinajstić information content (AvgIpc) is 2.28. The van der Waals surface area contributed by atoms with Crippen LogP contribution in [0.2, 0.25) is 0 Å². The summed E-state index contributed by atoms with van der Waals surface area (Å²) < 4.78 is 2.10. The third-order valence-corrected chi connectivity index (χ3v) is 1.62. The SMILES string of the molecule is c1cn2c(n1)CNCNC2. The Morgan fingerprint density at radius 1 is 1.50 bits per heavy atom. The number of nitrogens with zero attached hydrogens (tertiary/aromatic N) is 2. The second kappa shape index (κ2) is 2.40. The largest absolute Gasteiger partial charge is 0.321 e. The van der Waals surface area contributed by atoms with Crippen molar-refractivity contribution in [2.24, 2.45) is 0 Å². The Morgan fingerprint density at radius 3 is 3.50 bits per heavy atom. The number of nitrogens with one attached hydrogen (secondary N) is 2. The van der Waals surface area contributed by atoms with Gasteiger partial charge in [-0.2, -0.15) is 0 Å². The Hall–Kier alpha value is -0.870. The van der Waals surface area contributed by atoms with Crippen molar-refractivity contribution >= 4 is 0 Å². The summed E-state index contributed by atoms with van der Waals surface area (Å²) in [7, 11) is 0. The molecule has 10 heavy (non-hydrogen) atoms. The van der Waals surface area contributed by atoms with Crippen molar-refractivity contribution in [3.63, 3.8) is 0 Å². The summed E-state index contributed by atoms with van der Waals surface area (Å²) in [6.45, 7) is 2.59. The first kappa shape index (κ1) is 5.88. The van der Waals surface area contributed by atoms with Crippen molar-refractivity contribution < 1.29 is 0 Å². The molecule has 0 aromatic carbocycles. The van der Waals surface area contributed by atoms with Crippen molar-refractivity contribution in [3.8, 4) is 0 Å². The fourth-order valence-electron chi connectivity index (χ4n) is 1.09. The van der Waals surface area contributed by atoms with Crippen LogP contribution in [0.1, 0.15) is 5.82 Å². The van der Waals surface area contributed by atoms with E-state index in [1.165, 1.54) is 0 Å². The van der Waals surface area contributed by atoms with E-state index < -0.39 is 0 Å². The monoisotopic (exact) mass is 138 g/mol. The van der Waals surface area contributed by atoms with E-state index >= 15 is 0 Å². The van der Waals surface area contributed by atoms with E-state index in [1.54, 1.807) is 0 Å². The van der Waals surface area contributed by atoms with Gasteiger partial charge in [0.15, 0.2) is 0 Å². The second-order valence-electron chi connectivity index (χ2n) is 2.32. The molecule has 0 saturated heterocycles. The number of hydrogen-bond donors (Lipinski definition) is 2. The van der Waals surface area contributed by atoms with Crippen LogP contribution in [0.3, 0.4) is 0 Å². The summed E-state index contributed by atoms with van der Waals surface area (Å²) in [6.07, 6.45) is 3.80. The molecular weight excluding hydrogens is 128 g/mol. The van der Waals surface area contributed by atoms with E-state index in [1.807, 2.05) is 12.4 Å². The molecule has 0 spiro atoms. The van der Waals surface area contributed by atoms with Gasteiger partial charge in [-0.15, -0.1) is 0 Å². The van der Waals surface area contributed by atoms with Crippen LogP contribution < -0.4 is 10.6 Å². The van der Waals surface area contributed by atoms with Gasteiger partial charge >= 0.3 is 0 Å². The molecule has 0 aliphatic carbocycles. The molecule has 4 nitrogen and oxygen atoms in total. The zero-order valence-corrected chi connectivity index (χ0v) is 5.67. The van der Waals surface area contributed by atoms with E-state index in [0.29, 0.717) is 0 Å². The maximum atomic E-state index is 4.18. The molecule has 1 aliphatic rings. The third kappa shape index (κ3) is 0.913. The first-order chi connectivity index (χ1) is 4.97. The molecule has 0 radical (unpaired) electrons. The Labute approximate surface area is 59.3 Å². The highest BCUT2D eigenvalue weighted by Gasteiger charge is 2.03. The predicted molar refractivity (Wildman–Crippen MR) is 37.1 cm³/mol. The van der Waals surface area contributed by atoms with E-state index in [4.69, 9.17) is 0 Å². The maximum absolute atomic E-state index is 4.18. The normalized spacial score (nSPS) is 18.0. The molecule has 0 fully saturated rings. The number of rotatable bonds is 0. The lowest BCUT2D eigenvalue weighted by molar-refractivity contribution is 0.557. The van der Waals surface area contributed by atoms with Crippen molar-refractivity contribution in [1.29, 1.82) is 0 Å². The lowest BCUT2D eigenvalue weighted by Gasteiger charge is -1.99. The van der Waals surface area contributed by atoms with Gasteiger partial charge in [0.25, 0.3) is 0 Å². The maximum Gasteiger partial charge on any atom is 0.123 e. The summed E-state index contributed by atoms with van der Waals surface area (Å²) in [6, 6.07) is 0. The molecule has 0 saturated carbocycles. The second-order valence-corrected chi connectivity index (χ2v) is 2.32. The van der Waals surface area contributed by atoms with Crippen LogP contribution in [0.4, 0.5) is 0 Å². The van der Waals surface area contributed by atoms with Crippen LogP contribution in [0.15, 0.2) is 12.4 Å². The molecule has 0 unspecified atom stereocenters. The highest BCUT2D eigenvalue weighted by Crippen LogP contribution is 1.96. The lowest BCUT2D eigenvalue weighted by Crippen LogP contribution is -2.25. The fraction of sp³-hybridized carbons (Fsp3) is 0.500. The molecule has 4 heteroatoms. The minimum atomic E-state index is 0.861. The van der Waals surface area contributed by atoms with Gasteiger partial charge in [0.05, 0.1) is 13.2 Å². The molecule has 2 rings (SSSR count). The number of hydrogen-bond acceptors (Lipinski definition) is 3. The van der Waals surface area contributed by atoms with Crippen molar-refractivity contribution in [3.05, 3.63) is 18.2 Å². The third-order valence-electron chi connectivity index (χ3n) is 1.62. The van der Waals surface area contributed by atoms with E-state index in [2.05, 4.69) is 20.2 Å². The number of fused-ring (bicyclic) bond motifs is 1. The van der Waals surface area contributed by atoms with Crippen molar-refractivity contribution in [2.45, 2.75) is 13.2 Å². The standard InChI is InChI=1S/C6H10N4/c1-2-10-5-8-4-7-3-6(10)9-1/h1-2,7-8H,3-5H2. The highest BCUT2D eigenvalue weighted by atomic mass is 15.2. The van der Waals surface area contributed by atoms with Crippen LogP contribution in [0, 0.1) is 0 Å². The molecular formula is C6H10N4. The van der Waals surface area contributed by atoms with Gasteiger partial charge in [-0.05, 0) is 0 Å². The van der Waals surface area contributed by atoms with Crippen LogP contribution in [-0.2, 0) is 13.2 Å². The number of imidazole rings is 1. The van der Waals surface area contributed by atoms with Gasteiger partial charge in [0.1, 0.15) is 5.82 Å². The summed E-state index contributed by atoms with van der Waals surface area (Å²) in [5, 5.41) is 6.40. The van der Waals surface area contributed by atoms with Gasteiger partial charge in [-0.3, -0.25) is 10.6 Å². The van der Waals surface area contributed by atoms with Crippen molar-refractivity contribution in [2.75, 3.05) is 6.67 Å². The zero-order valence-electron chi connectivity index (χ0n) is 5.67. The summed E-state index contributed by atoms with van der Waals surface area (Å²) >= 11 is 0. The molecule has 0 bridgehead atoms. The van der Waals surface area contributed by atoms with Gasteiger partial charge < -0.3 is 4.57 Å². The molecule has 54 valence electrons. The lowest BCUT2D eigenvalue weighted by atomic mass is 10.6. The fourth-order valence-corrected chi connectivity index (χ4v) is 1.09. The van der Waals surface area contributed by atoms with E-state index in [9.17, 15) is 0 Å². The molecule has 2 N–H and O–H groups in total. The predicted octanol–water partition coefficient (Wildman–Crippen LogP) is -0.509. The topological polar surface area (TPSA) is 41.9 Å². The van der Waals surface area contributed by atoms with Crippen LogP contribution in [-0.4, -0.2) is 16.2 Å². The highest BCUT2D eigenvalue weighted by molar-refractivity contribution is 4.92. The van der Waals surface area contributed by atoms with E-state index in [-0.39, 0.29) is 0 Å². The molecule has 1 aliphatic heterocycles. The molecule has 0 amide bonds. The van der Waals surface area contributed by atoms with Gasteiger partial charge in [-0.25, -0.2) is 4.98 Å². The summed E-state index contributed by atoms with van der Waals surface area (Å²) in [5.41, 5.74) is 0. The first-order valence-corrected chi connectivity index (χ1v) is 3.38. The average molecular weight is 138 g/mol. The minimum Gasteiger partial charge on any atom is -0.321 e. The Morgan fingerprint density at radius 2 is 2.50 bits per heavy atom.